The van der Waals surface area contributed by atoms with Gasteiger partial charge in [-0.05, 0) is 62.8 Å². The highest BCUT2D eigenvalue weighted by Gasteiger charge is 2.26. The van der Waals surface area contributed by atoms with Crippen molar-refractivity contribution in [1.29, 1.82) is 0 Å². The molecule has 138 valence electrons. The monoisotopic (exact) mass is 352 g/mol. The molecule has 5 nitrogen and oxygen atoms in total. The van der Waals surface area contributed by atoms with Crippen molar-refractivity contribution in [2.45, 2.75) is 51.6 Å². The summed E-state index contributed by atoms with van der Waals surface area (Å²) in [6.07, 6.45) is 8.11. The van der Waals surface area contributed by atoms with Gasteiger partial charge in [0, 0.05) is 43.1 Å². The van der Waals surface area contributed by atoms with Gasteiger partial charge in [0.25, 0.3) is 0 Å². The van der Waals surface area contributed by atoms with Gasteiger partial charge in [-0.2, -0.15) is 0 Å². The van der Waals surface area contributed by atoms with Crippen molar-refractivity contribution in [3.63, 3.8) is 0 Å². The van der Waals surface area contributed by atoms with Crippen LogP contribution in [0, 0.1) is 13.8 Å². The van der Waals surface area contributed by atoms with E-state index in [1.165, 1.54) is 16.7 Å². The van der Waals surface area contributed by atoms with E-state index in [2.05, 4.69) is 46.2 Å². The maximum Gasteiger partial charge on any atom is 0.225 e. The third-order valence-electron chi connectivity index (χ3n) is 5.66. The smallest absolute Gasteiger partial charge is 0.225 e. The van der Waals surface area contributed by atoms with Crippen LogP contribution in [-0.2, 0) is 0 Å². The van der Waals surface area contributed by atoms with Gasteiger partial charge in [-0.1, -0.05) is 6.07 Å². The summed E-state index contributed by atoms with van der Waals surface area (Å²) in [5.41, 5.74) is 3.98. The zero-order valence-corrected chi connectivity index (χ0v) is 15.7. The van der Waals surface area contributed by atoms with Crippen LogP contribution in [0.2, 0.25) is 0 Å². The van der Waals surface area contributed by atoms with Gasteiger partial charge in [0.05, 0.1) is 6.61 Å². The number of hydrogen-bond donors (Lipinski definition) is 1. The van der Waals surface area contributed by atoms with Gasteiger partial charge in [-0.3, -0.25) is 0 Å². The number of aromatic nitrogens is 2. The summed E-state index contributed by atoms with van der Waals surface area (Å²) >= 11 is 0. The molecule has 0 radical (unpaired) electrons. The number of anilines is 1. The Morgan fingerprint density at radius 2 is 1.77 bits per heavy atom. The van der Waals surface area contributed by atoms with E-state index in [-0.39, 0.29) is 0 Å². The maximum absolute atomic E-state index is 6.01. The second kappa shape index (κ2) is 7.62. The molecule has 1 aromatic carbocycles. The highest BCUT2D eigenvalue weighted by molar-refractivity contribution is 5.44. The van der Waals surface area contributed by atoms with Crippen molar-refractivity contribution in [2.24, 2.45) is 0 Å². The fourth-order valence-corrected chi connectivity index (χ4v) is 3.99. The zero-order valence-electron chi connectivity index (χ0n) is 15.7. The second-order valence-corrected chi connectivity index (χ2v) is 7.49. The van der Waals surface area contributed by atoms with Gasteiger partial charge in [0.2, 0.25) is 5.95 Å². The third-order valence-corrected chi connectivity index (χ3v) is 5.66. The molecule has 1 unspecified atom stereocenters. The van der Waals surface area contributed by atoms with Crippen molar-refractivity contribution in [3.05, 3.63) is 47.3 Å². The molecule has 3 heterocycles. The number of rotatable bonds is 3. The average Bonchev–Trinajstić information content (AvgIpc) is 2.86. The van der Waals surface area contributed by atoms with Crippen LogP contribution in [0.25, 0.3) is 0 Å². The second-order valence-electron chi connectivity index (χ2n) is 7.49. The first-order valence-corrected chi connectivity index (χ1v) is 9.72. The Labute approximate surface area is 155 Å². The van der Waals surface area contributed by atoms with E-state index >= 15 is 0 Å². The summed E-state index contributed by atoms with van der Waals surface area (Å²) in [5.74, 6) is 1.92. The van der Waals surface area contributed by atoms with Gasteiger partial charge in [-0.15, -0.1) is 0 Å². The Morgan fingerprint density at radius 3 is 2.54 bits per heavy atom. The SMILES string of the molecule is Cc1cc2c(cc1C)C(NC1CCN(c3ncccn3)CC1)CCCO2. The number of piperidine rings is 1. The van der Waals surface area contributed by atoms with Crippen LogP contribution in [0.1, 0.15) is 48.4 Å². The molecule has 2 aliphatic heterocycles. The van der Waals surface area contributed by atoms with E-state index in [1.807, 2.05) is 18.5 Å². The van der Waals surface area contributed by atoms with Crippen LogP contribution in [0.3, 0.4) is 0 Å². The number of fused-ring (bicyclic) bond motifs is 1. The topological polar surface area (TPSA) is 50.3 Å². The molecular weight excluding hydrogens is 324 g/mol. The van der Waals surface area contributed by atoms with Gasteiger partial charge in [0.15, 0.2) is 0 Å². The first-order valence-electron chi connectivity index (χ1n) is 9.72. The van der Waals surface area contributed by atoms with Gasteiger partial charge in [-0.25, -0.2) is 9.97 Å². The average molecular weight is 352 g/mol. The predicted octanol–water partition coefficient (Wildman–Crippen LogP) is 3.57. The van der Waals surface area contributed by atoms with E-state index in [9.17, 15) is 0 Å². The van der Waals surface area contributed by atoms with Crippen LogP contribution < -0.4 is 15.0 Å². The molecule has 1 saturated heterocycles. The molecule has 1 fully saturated rings. The Balaban J connectivity index is 1.43. The quantitative estimate of drug-likeness (QED) is 0.915. The lowest BCUT2D eigenvalue weighted by atomic mass is 9.95. The van der Waals surface area contributed by atoms with Crippen molar-refractivity contribution >= 4 is 5.95 Å². The summed E-state index contributed by atoms with van der Waals surface area (Å²) in [4.78, 5) is 11.0. The minimum absolute atomic E-state index is 0.385. The molecule has 26 heavy (non-hydrogen) atoms. The third kappa shape index (κ3) is 3.68. The van der Waals surface area contributed by atoms with E-state index in [0.717, 1.165) is 57.1 Å². The first-order chi connectivity index (χ1) is 12.7. The van der Waals surface area contributed by atoms with E-state index in [1.54, 1.807) is 0 Å². The fraction of sp³-hybridized carbons (Fsp3) is 0.524. The summed E-state index contributed by atoms with van der Waals surface area (Å²) in [7, 11) is 0. The maximum atomic E-state index is 6.01. The first kappa shape index (κ1) is 17.3. The lowest BCUT2D eigenvalue weighted by Crippen LogP contribution is -2.44. The molecule has 1 N–H and O–H groups in total. The molecule has 2 aromatic rings. The minimum Gasteiger partial charge on any atom is -0.493 e. The number of benzene rings is 1. The summed E-state index contributed by atoms with van der Waals surface area (Å²) in [6.45, 7) is 7.18. The Morgan fingerprint density at radius 1 is 1.04 bits per heavy atom. The van der Waals surface area contributed by atoms with Crippen molar-refractivity contribution in [1.82, 2.24) is 15.3 Å². The minimum atomic E-state index is 0.385. The number of aryl methyl sites for hydroxylation is 2. The molecule has 0 amide bonds. The molecule has 0 aliphatic carbocycles. The molecule has 0 bridgehead atoms. The molecule has 5 heteroatoms. The summed E-state index contributed by atoms with van der Waals surface area (Å²) in [6, 6.07) is 7.32. The molecule has 1 atom stereocenters. The van der Waals surface area contributed by atoms with Gasteiger partial charge in [0.1, 0.15) is 5.75 Å². The van der Waals surface area contributed by atoms with Crippen molar-refractivity contribution in [3.8, 4) is 5.75 Å². The number of nitrogens with zero attached hydrogens (tertiary/aromatic N) is 3. The molecule has 4 rings (SSSR count). The number of hydrogen-bond acceptors (Lipinski definition) is 5. The molecule has 2 aliphatic rings. The molecule has 0 spiro atoms. The Hall–Kier alpha value is -2.14. The highest BCUT2D eigenvalue weighted by Crippen LogP contribution is 2.34. The normalized spacial score (nSPS) is 21.0. The Kier molecular flexibility index (Phi) is 5.07. The standard InChI is InChI=1S/C21H28N4O/c1-15-13-18-19(5-3-12-26-20(18)14-16(15)2)24-17-6-10-25(11-7-17)21-22-8-4-9-23-21/h4,8-9,13-14,17,19,24H,3,5-7,10-12H2,1-2H3. The summed E-state index contributed by atoms with van der Waals surface area (Å²) in [5, 5.41) is 3.93. The van der Waals surface area contributed by atoms with E-state index in [0.29, 0.717) is 12.1 Å². The molecule has 0 saturated carbocycles. The van der Waals surface area contributed by atoms with Crippen molar-refractivity contribution < 1.29 is 4.74 Å². The molecular formula is C21H28N4O. The lowest BCUT2D eigenvalue weighted by molar-refractivity contribution is 0.312. The lowest BCUT2D eigenvalue weighted by Gasteiger charge is -2.34. The highest BCUT2D eigenvalue weighted by atomic mass is 16.5. The van der Waals surface area contributed by atoms with Crippen LogP contribution in [0.5, 0.6) is 5.75 Å². The van der Waals surface area contributed by atoms with Crippen LogP contribution >= 0.6 is 0 Å². The largest absolute Gasteiger partial charge is 0.493 e. The zero-order chi connectivity index (χ0) is 17.9. The van der Waals surface area contributed by atoms with Gasteiger partial charge < -0.3 is 15.0 Å². The van der Waals surface area contributed by atoms with E-state index < -0.39 is 0 Å². The van der Waals surface area contributed by atoms with Gasteiger partial charge >= 0.3 is 0 Å². The number of nitrogens with one attached hydrogen (secondary N) is 1. The Bertz CT molecular complexity index is 741. The van der Waals surface area contributed by atoms with Crippen LogP contribution in [0.4, 0.5) is 5.95 Å². The van der Waals surface area contributed by atoms with Crippen LogP contribution in [0.15, 0.2) is 30.6 Å². The number of ether oxygens (including phenoxy) is 1. The van der Waals surface area contributed by atoms with Crippen molar-refractivity contribution in [2.75, 3.05) is 24.6 Å². The van der Waals surface area contributed by atoms with E-state index in [4.69, 9.17) is 4.74 Å². The fourth-order valence-electron chi connectivity index (χ4n) is 3.99. The van der Waals surface area contributed by atoms with Crippen LogP contribution in [-0.4, -0.2) is 35.7 Å². The predicted molar refractivity (Wildman–Crippen MR) is 104 cm³/mol. The molecule has 1 aromatic heterocycles. The summed E-state index contributed by atoms with van der Waals surface area (Å²) < 4.78 is 6.01.